The fourth-order valence-corrected chi connectivity index (χ4v) is 7.31. The molecule has 1 rings (SSSR count). The topological polar surface area (TPSA) is 9.23 Å². The van der Waals surface area contributed by atoms with E-state index < -0.39 is 16.4 Å². The van der Waals surface area contributed by atoms with Crippen molar-refractivity contribution in [3.8, 4) is 0 Å². The van der Waals surface area contributed by atoms with E-state index in [1.54, 1.807) is 0 Å². The lowest BCUT2D eigenvalue weighted by atomic mass is 10.2. The molecule has 1 nitrogen and oxygen atoms in total. The van der Waals surface area contributed by atoms with Crippen LogP contribution in [-0.4, -0.2) is 22.1 Å². The van der Waals surface area contributed by atoms with Crippen molar-refractivity contribution in [2.75, 3.05) is 0 Å². The molecule has 0 N–H and O–H groups in total. The van der Waals surface area contributed by atoms with Crippen molar-refractivity contribution in [2.45, 2.75) is 64.6 Å². The van der Waals surface area contributed by atoms with E-state index in [0.29, 0.717) is 0 Å². The van der Waals surface area contributed by atoms with Gasteiger partial charge in [-0.1, -0.05) is 81.5 Å². The highest BCUT2D eigenvalue weighted by atomic mass is 28.4. The molecule has 0 spiro atoms. The van der Waals surface area contributed by atoms with Gasteiger partial charge in [-0.15, -0.1) is 0 Å². The predicted octanol–water partition coefficient (Wildman–Crippen LogP) is 5.11. The molecule has 0 saturated heterocycles. The predicted molar refractivity (Wildman–Crippen MR) is 100 cm³/mol. The first-order valence-electron chi connectivity index (χ1n) is 7.88. The summed E-state index contributed by atoms with van der Waals surface area (Å²) in [5, 5.41) is 1.71. The zero-order valence-corrected chi connectivity index (χ0v) is 17.0. The first kappa shape index (κ1) is 18.4. The highest BCUT2D eigenvalue weighted by molar-refractivity contribution is 6.92. The average molecular weight is 321 g/mol. The lowest BCUT2D eigenvalue weighted by Crippen LogP contribution is -2.57. The van der Waals surface area contributed by atoms with Crippen molar-refractivity contribution in [3.05, 3.63) is 42.5 Å². The Balaban J connectivity index is 3.13. The summed E-state index contributed by atoms with van der Waals surface area (Å²) < 4.78 is 6.78. The Morgan fingerprint density at radius 2 is 1.52 bits per heavy atom. The molecule has 118 valence electrons. The maximum Gasteiger partial charge on any atom is 0.192 e. The molecule has 0 aliphatic carbocycles. The fourth-order valence-electron chi connectivity index (χ4n) is 2.13. The number of hydrogen-bond acceptors (Lipinski definition) is 1. The van der Waals surface area contributed by atoms with Crippen LogP contribution in [0.5, 0.6) is 0 Å². The van der Waals surface area contributed by atoms with Crippen molar-refractivity contribution < 1.29 is 4.43 Å². The van der Waals surface area contributed by atoms with Gasteiger partial charge in [0.15, 0.2) is 8.32 Å². The Kier molecular flexibility index (Phi) is 5.81. The summed E-state index contributed by atoms with van der Waals surface area (Å²) in [6, 6.07) is 10.9. The molecule has 3 heteroatoms. The van der Waals surface area contributed by atoms with E-state index in [0.717, 1.165) is 0 Å². The van der Waals surface area contributed by atoms with E-state index in [-0.39, 0.29) is 10.8 Å². The van der Waals surface area contributed by atoms with Crippen LogP contribution in [0.1, 0.15) is 27.7 Å². The van der Waals surface area contributed by atoms with Crippen molar-refractivity contribution in [1.82, 2.24) is 0 Å². The van der Waals surface area contributed by atoms with E-state index in [2.05, 4.69) is 96.4 Å². The Morgan fingerprint density at radius 3 is 1.95 bits per heavy atom. The molecule has 1 atom stereocenters. The molecule has 0 bridgehead atoms. The minimum absolute atomic E-state index is 0.241. The average Bonchev–Trinajstić information content (AvgIpc) is 2.37. The maximum absolute atomic E-state index is 6.78. The van der Waals surface area contributed by atoms with E-state index in [9.17, 15) is 0 Å². The zero-order chi connectivity index (χ0) is 16.3. The van der Waals surface area contributed by atoms with Crippen LogP contribution in [0.15, 0.2) is 42.5 Å². The van der Waals surface area contributed by atoms with Gasteiger partial charge in [-0.25, -0.2) is 0 Å². The number of rotatable bonds is 5. The van der Waals surface area contributed by atoms with Crippen LogP contribution < -0.4 is 5.19 Å². The van der Waals surface area contributed by atoms with Crippen LogP contribution in [0.4, 0.5) is 0 Å². The molecule has 1 unspecified atom stereocenters. The lowest BCUT2D eigenvalue weighted by Gasteiger charge is -2.43. The quantitative estimate of drug-likeness (QED) is 0.541. The summed E-state index contributed by atoms with van der Waals surface area (Å²) in [6.07, 6.45) is 4.43. The molecule has 21 heavy (non-hydrogen) atoms. The van der Waals surface area contributed by atoms with Gasteiger partial charge in [0.25, 0.3) is 0 Å². The van der Waals surface area contributed by atoms with E-state index in [1.807, 2.05) is 0 Å². The molecule has 0 aliphatic heterocycles. The van der Waals surface area contributed by atoms with Gasteiger partial charge in [0.05, 0.1) is 5.73 Å². The van der Waals surface area contributed by atoms with Gasteiger partial charge in [-0.05, 0) is 25.1 Å². The van der Waals surface area contributed by atoms with Crippen LogP contribution in [0.2, 0.25) is 31.2 Å². The van der Waals surface area contributed by atoms with Crippen molar-refractivity contribution >= 4 is 21.6 Å². The van der Waals surface area contributed by atoms with Crippen LogP contribution >= 0.6 is 0 Å². The summed E-state index contributed by atoms with van der Waals surface area (Å²) in [5.74, 6) is 0. The second-order valence-electron chi connectivity index (χ2n) is 7.91. The standard InChI is InChI=1S/C18H32OSi2/c1-9-13-17(19-21(7,8)18(2,3)4)20(5,6)16-14-11-10-12-15-16/h9-15,17H,1-8H3/b13-9+. The highest BCUT2D eigenvalue weighted by Crippen LogP contribution is 2.38. The number of allylic oxidation sites excluding steroid dienone is 1. The third-order valence-electron chi connectivity index (χ3n) is 4.82. The lowest BCUT2D eigenvalue weighted by molar-refractivity contribution is 0.285. The van der Waals surface area contributed by atoms with Gasteiger partial charge >= 0.3 is 0 Å². The van der Waals surface area contributed by atoms with Gasteiger partial charge < -0.3 is 4.43 Å². The van der Waals surface area contributed by atoms with Crippen LogP contribution in [0.3, 0.4) is 0 Å². The molecule has 1 aromatic carbocycles. The molecule has 0 saturated carbocycles. The molecule has 0 aliphatic rings. The summed E-state index contributed by atoms with van der Waals surface area (Å²) >= 11 is 0. The summed E-state index contributed by atoms with van der Waals surface area (Å²) in [4.78, 5) is 0. The van der Waals surface area contributed by atoms with E-state index in [1.165, 1.54) is 5.19 Å². The third-order valence-corrected chi connectivity index (χ3v) is 13.1. The Morgan fingerprint density at radius 1 is 1.00 bits per heavy atom. The number of hydrogen-bond donors (Lipinski definition) is 0. The van der Waals surface area contributed by atoms with Gasteiger partial charge in [0.2, 0.25) is 0 Å². The first-order chi connectivity index (χ1) is 9.52. The third kappa shape index (κ3) is 4.41. The van der Waals surface area contributed by atoms with Crippen LogP contribution in [-0.2, 0) is 4.43 Å². The van der Waals surface area contributed by atoms with Gasteiger partial charge in [0.1, 0.15) is 8.07 Å². The van der Waals surface area contributed by atoms with Crippen molar-refractivity contribution in [1.29, 1.82) is 0 Å². The second-order valence-corrected chi connectivity index (χ2v) is 17.3. The van der Waals surface area contributed by atoms with Crippen molar-refractivity contribution in [2.24, 2.45) is 0 Å². The Bertz CT molecular complexity index is 470. The summed E-state index contributed by atoms with van der Waals surface area (Å²) in [5.41, 5.74) is 0.241. The maximum atomic E-state index is 6.78. The fraction of sp³-hybridized carbons (Fsp3) is 0.556. The molecule has 1 aromatic rings. The highest BCUT2D eigenvalue weighted by Gasteiger charge is 2.43. The van der Waals surface area contributed by atoms with Gasteiger partial charge in [-0.3, -0.25) is 0 Å². The smallest absolute Gasteiger partial charge is 0.192 e. The second kappa shape index (κ2) is 6.63. The van der Waals surface area contributed by atoms with E-state index >= 15 is 0 Å². The summed E-state index contributed by atoms with van der Waals surface area (Å²) in [6.45, 7) is 18.5. The minimum atomic E-state index is -1.76. The molecular formula is C18H32OSi2. The summed E-state index contributed by atoms with van der Waals surface area (Å²) in [7, 11) is -3.46. The monoisotopic (exact) mass is 320 g/mol. The molecule has 0 heterocycles. The first-order valence-corrected chi connectivity index (χ1v) is 13.9. The van der Waals surface area contributed by atoms with Crippen molar-refractivity contribution in [3.63, 3.8) is 0 Å². The Labute approximate surface area is 133 Å². The molecule has 0 aromatic heterocycles. The van der Waals surface area contributed by atoms with Crippen LogP contribution in [0.25, 0.3) is 0 Å². The van der Waals surface area contributed by atoms with Gasteiger partial charge in [0, 0.05) is 0 Å². The number of benzene rings is 1. The zero-order valence-electron chi connectivity index (χ0n) is 15.0. The molecule has 0 amide bonds. The van der Waals surface area contributed by atoms with Gasteiger partial charge in [-0.2, -0.15) is 0 Å². The minimum Gasteiger partial charge on any atom is -0.413 e. The molecule has 0 fully saturated rings. The van der Waals surface area contributed by atoms with Crippen LogP contribution in [0, 0.1) is 0 Å². The normalized spacial score (nSPS) is 15.4. The molecular weight excluding hydrogens is 288 g/mol. The molecule has 0 radical (unpaired) electrons. The van der Waals surface area contributed by atoms with E-state index in [4.69, 9.17) is 4.43 Å². The SMILES string of the molecule is C/C=C/C(O[Si](C)(C)C(C)(C)C)[Si](C)(C)c1ccccc1. The largest absolute Gasteiger partial charge is 0.413 e. The Hall–Kier alpha value is -0.646.